The SMILES string of the molecule is COc1cc(/C=C2/SC(=O)N(c3ccc(Cl)cc3)C2=O)ccc1OCc1ccc(Cl)cc1. The number of hydrogen-bond acceptors (Lipinski definition) is 5. The summed E-state index contributed by atoms with van der Waals surface area (Å²) in [5.74, 6) is 0.697. The van der Waals surface area contributed by atoms with Crippen molar-refractivity contribution < 1.29 is 19.1 Å². The Bertz CT molecular complexity index is 1190. The molecule has 1 saturated heterocycles. The van der Waals surface area contributed by atoms with Gasteiger partial charge in [-0.05, 0) is 77.5 Å². The highest BCUT2D eigenvalue weighted by atomic mass is 35.5. The Morgan fingerprint density at radius 1 is 0.906 bits per heavy atom. The molecule has 2 amide bonds. The second kappa shape index (κ2) is 9.69. The maximum atomic E-state index is 12.8. The zero-order chi connectivity index (χ0) is 22.7. The number of amides is 2. The number of anilines is 1. The third-order valence-electron chi connectivity index (χ3n) is 4.67. The number of imide groups is 1. The van der Waals surface area contributed by atoms with Crippen molar-refractivity contribution in [3.05, 3.63) is 92.8 Å². The van der Waals surface area contributed by atoms with Crippen LogP contribution in [0.1, 0.15) is 11.1 Å². The number of thioether (sulfide) groups is 1. The number of halogens is 2. The van der Waals surface area contributed by atoms with Gasteiger partial charge in [0.15, 0.2) is 11.5 Å². The van der Waals surface area contributed by atoms with Crippen molar-refractivity contribution >= 4 is 57.9 Å². The van der Waals surface area contributed by atoms with E-state index in [2.05, 4.69) is 0 Å². The fourth-order valence-electron chi connectivity index (χ4n) is 3.07. The van der Waals surface area contributed by atoms with Crippen LogP contribution < -0.4 is 14.4 Å². The van der Waals surface area contributed by atoms with E-state index < -0.39 is 0 Å². The van der Waals surface area contributed by atoms with E-state index in [0.717, 1.165) is 22.2 Å². The number of methoxy groups -OCH3 is 1. The van der Waals surface area contributed by atoms with E-state index in [0.29, 0.717) is 44.3 Å². The highest BCUT2D eigenvalue weighted by Crippen LogP contribution is 2.37. The van der Waals surface area contributed by atoms with Gasteiger partial charge in [-0.15, -0.1) is 0 Å². The summed E-state index contributed by atoms with van der Waals surface area (Å²) in [5, 5.41) is 0.830. The first-order valence-electron chi connectivity index (χ1n) is 9.53. The first-order chi connectivity index (χ1) is 15.4. The van der Waals surface area contributed by atoms with Crippen molar-refractivity contribution in [2.24, 2.45) is 0 Å². The molecule has 4 rings (SSSR count). The Morgan fingerprint density at radius 3 is 2.22 bits per heavy atom. The molecule has 0 atom stereocenters. The Morgan fingerprint density at radius 2 is 1.56 bits per heavy atom. The molecule has 5 nitrogen and oxygen atoms in total. The highest BCUT2D eigenvalue weighted by Gasteiger charge is 2.36. The molecule has 3 aromatic rings. The zero-order valence-corrected chi connectivity index (χ0v) is 19.2. The van der Waals surface area contributed by atoms with Gasteiger partial charge < -0.3 is 9.47 Å². The summed E-state index contributed by atoms with van der Waals surface area (Å²) in [6, 6.07) is 19.3. The Kier molecular flexibility index (Phi) is 6.74. The third kappa shape index (κ3) is 4.93. The molecular weight excluding hydrogens is 469 g/mol. The van der Waals surface area contributed by atoms with Crippen LogP contribution in [0, 0.1) is 0 Å². The maximum Gasteiger partial charge on any atom is 0.298 e. The van der Waals surface area contributed by atoms with Crippen molar-refractivity contribution in [1.29, 1.82) is 0 Å². The molecular formula is C24H17Cl2NO4S. The van der Waals surface area contributed by atoms with Gasteiger partial charge in [0.05, 0.1) is 17.7 Å². The maximum absolute atomic E-state index is 12.8. The van der Waals surface area contributed by atoms with Crippen LogP contribution in [0.15, 0.2) is 71.6 Å². The fourth-order valence-corrected chi connectivity index (χ4v) is 4.16. The zero-order valence-electron chi connectivity index (χ0n) is 16.9. The number of nitrogens with zero attached hydrogens (tertiary/aromatic N) is 1. The second-order valence-electron chi connectivity index (χ2n) is 6.82. The van der Waals surface area contributed by atoms with Gasteiger partial charge >= 0.3 is 0 Å². The van der Waals surface area contributed by atoms with Gasteiger partial charge in [0.1, 0.15) is 6.61 Å². The molecule has 0 aliphatic carbocycles. The van der Waals surface area contributed by atoms with Gasteiger partial charge in [-0.3, -0.25) is 9.59 Å². The van der Waals surface area contributed by atoms with E-state index in [1.54, 1.807) is 67.8 Å². The molecule has 0 unspecified atom stereocenters. The average molecular weight is 486 g/mol. The lowest BCUT2D eigenvalue weighted by Gasteiger charge is -2.12. The van der Waals surface area contributed by atoms with E-state index >= 15 is 0 Å². The van der Waals surface area contributed by atoms with Gasteiger partial charge in [-0.2, -0.15) is 0 Å². The van der Waals surface area contributed by atoms with Gasteiger partial charge in [-0.25, -0.2) is 4.90 Å². The normalized spacial score (nSPS) is 14.8. The van der Waals surface area contributed by atoms with Crippen molar-refractivity contribution in [3.63, 3.8) is 0 Å². The van der Waals surface area contributed by atoms with Crippen LogP contribution in [0.25, 0.3) is 6.08 Å². The average Bonchev–Trinajstić information content (AvgIpc) is 3.07. The smallest absolute Gasteiger partial charge is 0.298 e. The molecule has 32 heavy (non-hydrogen) atoms. The molecule has 3 aromatic carbocycles. The molecule has 0 N–H and O–H groups in total. The molecule has 0 saturated carbocycles. The van der Waals surface area contributed by atoms with Crippen LogP contribution in [-0.4, -0.2) is 18.3 Å². The molecule has 0 spiro atoms. The van der Waals surface area contributed by atoms with Gasteiger partial charge in [0.25, 0.3) is 11.1 Å². The van der Waals surface area contributed by atoms with Crippen molar-refractivity contribution in [3.8, 4) is 11.5 Å². The van der Waals surface area contributed by atoms with E-state index in [1.165, 1.54) is 0 Å². The first kappa shape index (κ1) is 22.3. The lowest BCUT2D eigenvalue weighted by molar-refractivity contribution is -0.113. The van der Waals surface area contributed by atoms with Crippen molar-refractivity contribution in [1.82, 2.24) is 0 Å². The molecule has 0 bridgehead atoms. The Labute approximate surface area is 199 Å². The topological polar surface area (TPSA) is 55.8 Å². The minimum atomic E-state index is -0.385. The molecule has 162 valence electrons. The van der Waals surface area contributed by atoms with Crippen LogP contribution in [0.3, 0.4) is 0 Å². The number of hydrogen-bond donors (Lipinski definition) is 0. The van der Waals surface area contributed by atoms with E-state index in [-0.39, 0.29) is 11.1 Å². The molecule has 1 heterocycles. The van der Waals surface area contributed by atoms with Crippen LogP contribution in [0.4, 0.5) is 10.5 Å². The van der Waals surface area contributed by atoms with Gasteiger partial charge in [-0.1, -0.05) is 41.4 Å². The van der Waals surface area contributed by atoms with Crippen LogP contribution in [-0.2, 0) is 11.4 Å². The second-order valence-corrected chi connectivity index (χ2v) is 8.69. The first-order valence-corrected chi connectivity index (χ1v) is 11.1. The monoisotopic (exact) mass is 485 g/mol. The van der Waals surface area contributed by atoms with Crippen molar-refractivity contribution in [2.45, 2.75) is 6.61 Å². The van der Waals surface area contributed by atoms with E-state index in [9.17, 15) is 9.59 Å². The highest BCUT2D eigenvalue weighted by molar-refractivity contribution is 8.19. The minimum absolute atomic E-state index is 0.321. The molecule has 1 aliphatic rings. The van der Waals surface area contributed by atoms with Gasteiger partial charge in [0, 0.05) is 10.0 Å². The molecule has 0 radical (unpaired) electrons. The lowest BCUT2D eigenvalue weighted by Crippen LogP contribution is -2.27. The standard InChI is InChI=1S/C24H17Cl2NO4S/c1-30-21-12-16(4-11-20(21)31-14-15-2-5-17(25)6-3-15)13-22-23(28)27(24(29)32-22)19-9-7-18(26)8-10-19/h2-13H,14H2,1H3/b22-13+. The van der Waals surface area contributed by atoms with E-state index in [1.807, 2.05) is 12.1 Å². The molecule has 0 aromatic heterocycles. The number of ether oxygens (including phenoxy) is 2. The fraction of sp³-hybridized carbons (Fsp3) is 0.0833. The third-order valence-corrected chi connectivity index (χ3v) is 6.05. The summed E-state index contributed by atoms with van der Waals surface area (Å²) >= 11 is 12.7. The largest absolute Gasteiger partial charge is 0.493 e. The van der Waals surface area contributed by atoms with Crippen LogP contribution in [0.2, 0.25) is 10.0 Å². The number of benzene rings is 3. The Balaban J connectivity index is 1.52. The lowest BCUT2D eigenvalue weighted by atomic mass is 10.1. The van der Waals surface area contributed by atoms with Gasteiger partial charge in [0.2, 0.25) is 0 Å². The molecule has 8 heteroatoms. The van der Waals surface area contributed by atoms with Crippen LogP contribution in [0.5, 0.6) is 11.5 Å². The number of carbonyl (C=O) groups is 2. The quantitative estimate of drug-likeness (QED) is 0.358. The number of rotatable bonds is 6. The predicted molar refractivity (Wildman–Crippen MR) is 129 cm³/mol. The number of carbonyl (C=O) groups excluding carboxylic acids is 2. The van der Waals surface area contributed by atoms with E-state index in [4.69, 9.17) is 32.7 Å². The minimum Gasteiger partial charge on any atom is -0.493 e. The summed E-state index contributed by atoms with van der Waals surface area (Å²) < 4.78 is 11.3. The van der Waals surface area contributed by atoms with Crippen LogP contribution >= 0.6 is 35.0 Å². The predicted octanol–water partition coefficient (Wildman–Crippen LogP) is 6.82. The Hall–Kier alpha value is -2.93. The summed E-state index contributed by atoms with van der Waals surface area (Å²) in [7, 11) is 1.54. The summed E-state index contributed by atoms with van der Waals surface area (Å²) in [6.07, 6.45) is 1.66. The summed E-state index contributed by atoms with van der Waals surface area (Å²) in [5.41, 5.74) is 2.16. The summed E-state index contributed by atoms with van der Waals surface area (Å²) in [4.78, 5) is 26.7. The summed E-state index contributed by atoms with van der Waals surface area (Å²) in [6.45, 7) is 0.354. The molecule has 1 fully saturated rings. The molecule has 1 aliphatic heterocycles. The van der Waals surface area contributed by atoms with Crippen molar-refractivity contribution in [2.75, 3.05) is 12.0 Å².